The summed E-state index contributed by atoms with van der Waals surface area (Å²) in [5.41, 5.74) is 8.89. The average molecular weight is 368 g/mol. The van der Waals surface area contributed by atoms with Gasteiger partial charge in [-0.05, 0) is 45.4 Å². The third-order valence-corrected chi connectivity index (χ3v) is 5.48. The Morgan fingerprint density at radius 2 is 1.93 bits per heavy atom. The normalized spacial score (nSPS) is 17.6. The van der Waals surface area contributed by atoms with Crippen molar-refractivity contribution >= 4 is 11.9 Å². The van der Waals surface area contributed by atoms with Crippen molar-refractivity contribution in [2.24, 2.45) is 0 Å². The summed E-state index contributed by atoms with van der Waals surface area (Å²) < 4.78 is 0. The highest BCUT2D eigenvalue weighted by Crippen LogP contribution is 2.28. The van der Waals surface area contributed by atoms with E-state index in [1.54, 1.807) is 13.0 Å². The van der Waals surface area contributed by atoms with Crippen LogP contribution in [-0.4, -0.2) is 43.8 Å². The van der Waals surface area contributed by atoms with E-state index in [0.717, 1.165) is 55.5 Å². The number of nitrogens with one attached hydrogen (secondary N) is 1. The zero-order chi connectivity index (χ0) is 19.0. The van der Waals surface area contributed by atoms with Crippen molar-refractivity contribution in [3.05, 3.63) is 44.9 Å². The summed E-state index contributed by atoms with van der Waals surface area (Å²) in [7, 11) is 0. The Hall–Kier alpha value is -2.77. The molecule has 1 aliphatic heterocycles. The number of hydrogen-bond donors (Lipinski definition) is 2. The number of nitrogen functional groups attached to an aromatic ring is 1. The van der Waals surface area contributed by atoms with Gasteiger partial charge in [0.15, 0.2) is 0 Å². The molecular formula is C19H24N6O2. The molecule has 0 saturated carbocycles. The van der Waals surface area contributed by atoms with E-state index in [-0.39, 0.29) is 23.3 Å². The highest BCUT2D eigenvalue weighted by molar-refractivity contribution is 5.94. The number of H-pyrrole nitrogens is 1. The van der Waals surface area contributed by atoms with Gasteiger partial charge in [-0.25, -0.2) is 15.0 Å². The van der Waals surface area contributed by atoms with E-state index in [0.29, 0.717) is 24.6 Å². The van der Waals surface area contributed by atoms with Gasteiger partial charge in [-0.3, -0.25) is 9.59 Å². The first-order valence-corrected chi connectivity index (χ1v) is 9.53. The van der Waals surface area contributed by atoms with Gasteiger partial charge in [0, 0.05) is 36.3 Å². The summed E-state index contributed by atoms with van der Waals surface area (Å²) in [6, 6.07) is 1.57. The Morgan fingerprint density at radius 3 is 2.67 bits per heavy atom. The second-order valence-electron chi connectivity index (χ2n) is 7.38. The van der Waals surface area contributed by atoms with E-state index < -0.39 is 0 Å². The van der Waals surface area contributed by atoms with Crippen molar-refractivity contribution in [1.29, 1.82) is 0 Å². The number of fused-ring (bicyclic) bond motifs is 1. The average Bonchev–Trinajstić information content (AvgIpc) is 2.66. The molecule has 4 rings (SSSR count). The summed E-state index contributed by atoms with van der Waals surface area (Å²) in [5.74, 6) is 0.936. The molecule has 1 fully saturated rings. The van der Waals surface area contributed by atoms with E-state index in [9.17, 15) is 9.59 Å². The number of hydrogen-bond acceptors (Lipinski definition) is 6. The molecule has 2 aromatic heterocycles. The van der Waals surface area contributed by atoms with Crippen LogP contribution < -0.4 is 11.3 Å². The fourth-order valence-corrected chi connectivity index (χ4v) is 4.13. The van der Waals surface area contributed by atoms with Crippen molar-refractivity contribution in [3.8, 4) is 0 Å². The number of piperidine rings is 1. The van der Waals surface area contributed by atoms with Gasteiger partial charge < -0.3 is 15.6 Å². The van der Waals surface area contributed by atoms with Crippen LogP contribution in [0, 0.1) is 6.92 Å². The summed E-state index contributed by atoms with van der Waals surface area (Å²) in [5, 5.41) is 0. The number of rotatable bonds is 2. The fourth-order valence-electron chi connectivity index (χ4n) is 4.13. The summed E-state index contributed by atoms with van der Waals surface area (Å²) in [6.45, 7) is 3.03. The Bertz CT molecular complexity index is 930. The molecule has 142 valence electrons. The number of aromatic amines is 1. The van der Waals surface area contributed by atoms with Crippen LogP contribution in [0.25, 0.3) is 0 Å². The largest absolute Gasteiger partial charge is 0.368 e. The zero-order valence-corrected chi connectivity index (χ0v) is 15.5. The van der Waals surface area contributed by atoms with Crippen LogP contribution in [-0.2, 0) is 12.8 Å². The van der Waals surface area contributed by atoms with E-state index >= 15 is 0 Å². The van der Waals surface area contributed by atoms with Gasteiger partial charge in [-0.1, -0.05) is 0 Å². The minimum absolute atomic E-state index is 0.0595. The number of amides is 1. The molecule has 0 aromatic carbocycles. The smallest absolute Gasteiger partial charge is 0.272 e. The number of nitrogens with zero attached hydrogens (tertiary/aromatic N) is 4. The van der Waals surface area contributed by atoms with Gasteiger partial charge in [0.1, 0.15) is 11.5 Å². The minimum Gasteiger partial charge on any atom is -0.368 e. The predicted molar refractivity (Wildman–Crippen MR) is 101 cm³/mol. The molecule has 1 aliphatic carbocycles. The van der Waals surface area contributed by atoms with E-state index in [2.05, 4.69) is 19.9 Å². The van der Waals surface area contributed by atoms with E-state index in [4.69, 9.17) is 5.73 Å². The standard InChI is InChI=1S/C19H24N6O2/c1-11-21-15(10-16(26)22-11)12-6-8-25(9-7-12)18(27)17-13-4-2-3-5-14(13)23-19(20)24-17/h10,12H,2-9H2,1H3,(H2,20,23,24)(H,21,22,26). The number of nitrogens with two attached hydrogens (primary N) is 1. The first-order chi connectivity index (χ1) is 13.0. The predicted octanol–water partition coefficient (Wildman–Crippen LogP) is 1.35. The third-order valence-electron chi connectivity index (χ3n) is 5.48. The number of likely N-dealkylation sites (tertiary alicyclic amines) is 1. The van der Waals surface area contributed by atoms with Crippen molar-refractivity contribution in [2.45, 2.75) is 51.4 Å². The lowest BCUT2D eigenvalue weighted by molar-refractivity contribution is 0.0704. The van der Waals surface area contributed by atoms with Gasteiger partial charge in [0.05, 0.1) is 5.69 Å². The van der Waals surface area contributed by atoms with Crippen LogP contribution in [0.4, 0.5) is 5.95 Å². The summed E-state index contributed by atoms with van der Waals surface area (Å²) in [4.78, 5) is 42.4. The van der Waals surface area contributed by atoms with Gasteiger partial charge in [-0.15, -0.1) is 0 Å². The first kappa shape index (κ1) is 17.6. The lowest BCUT2D eigenvalue weighted by Gasteiger charge is -2.32. The van der Waals surface area contributed by atoms with Crippen LogP contribution in [0.15, 0.2) is 10.9 Å². The molecular weight excluding hydrogens is 344 g/mol. The number of carbonyl (C=O) groups is 1. The third kappa shape index (κ3) is 3.56. The lowest BCUT2D eigenvalue weighted by atomic mass is 9.91. The first-order valence-electron chi connectivity index (χ1n) is 9.53. The Kier molecular flexibility index (Phi) is 4.63. The van der Waals surface area contributed by atoms with Crippen molar-refractivity contribution in [3.63, 3.8) is 0 Å². The van der Waals surface area contributed by atoms with Gasteiger partial charge in [0.25, 0.3) is 11.5 Å². The summed E-state index contributed by atoms with van der Waals surface area (Å²) >= 11 is 0. The molecule has 2 aromatic rings. The van der Waals surface area contributed by atoms with Crippen LogP contribution in [0.2, 0.25) is 0 Å². The maximum Gasteiger partial charge on any atom is 0.272 e. The zero-order valence-electron chi connectivity index (χ0n) is 15.5. The molecule has 1 amide bonds. The highest BCUT2D eigenvalue weighted by atomic mass is 16.2. The molecule has 2 aliphatic rings. The molecule has 0 atom stereocenters. The molecule has 27 heavy (non-hydrogen) atoms. The maximum absolute atomic E-state index is 13.1. The van der Waals surface area contributed by atoms with E-state index in [1.165, 1.54) is 0 Å². The number of aromatic nitrogens is 4. The Morgan fingerprint density at radius 1 is 1.19 bits per heavy atom. The van der Waals surface area contributed by atoms with Gasteiger partial charge in [0.2, 0.25) is 5.95 Å². The van der Waals surface area contributed by atoms with Crippen LogP contribution >= 0.6 is 0 Å². The molecule has 8 heteroatoms. The monoisotopic (exact) mass is 368 g/mol. The summed E-state index contributed by atoms with van der Waals surface area (Å²) in [6.07, 6.45) is 5.39. The molecule has 3 heterocycles. The van der Waals surface area contributed by atoms with E-state index in [1.807, 2.05) is 4.90 Å². The van der Waals surface area contributed by atoms with Gasteiger partial charge in [-0.2, -0.15) is 0 Å². The van der Waals surface area contributed by atoms with Crippen LogP contribution in [0.1, 0.15) is 64.9 Å². The number of aryl methyl sites for hydroxylation is 2. The van der Waals surface area contributed by atoms with Crippen molar-refractivity contribution in [2.75, 3.05) is 18.8 Å². The molecule has 1 saturated heterocycles. The van der Waals surface area contributed by atoms with Crippen molar-refractivity contribution < 1.29 is 4.79 Å². The fraction of sp³-hybridized carbons (Fsp3) is 0.526. The highest BCUT2D eigenvalue weighted by Gasteiger charge is 2.29. The number of anilines is 1. The molecule has 8 nitrogen and oxygen atoms in total. The second kappa shape index (κ2) is 7.09. The molecule has 3 N–H and O–H groups in total. The minimum atomic E-state index is -0.126. The molecule has 0 bridgehead atoms. The maximum atomic E-state index is 13.1. The van der Waals surface area contributed by atoms with Crippen LogP contribution in [0.5, 0.6) is 0 Å². The molecule has 0 spiro atoms. The Balaban J connectivity index is 1.51. The van der Waals surface area contributed by atoms with Gasteiger partial charge >= 0.3 is 0 Å². The molecule has 0 unspecified atom stereocenters. The SMILES string of the molecule is Cc1nc(C2CCN(C(=O)c3nc(N)nc4c3CCCC4)CC2)cc(=O)[nH]1. The van der Waals surface area contributed by atoms with Crippen LogP contribution in [0.3, 0.4) is 0 Å². The van der Waals surface area contributed by atoms with Crippen molar-refractivity contribution in [1.82, 2.24) is 24.8 Å². The Labute approximate surface area is 157 Å². The lowest BCUT2D eigenvalue weighted by Crippen LogP contribution is -2.39. The second-order valence-corrected chi connectivity index (χ2v) is 7.38. The number of carbonyl (C=O) groups excluding carboxylic acids is 1. The molecule has 0 radical (unpaired) electrons. The topological polar surface area (TPSA) is 118 Å². The quantitative estimate of drug-likeness (QED) is 0.826.